The predicted molar refractivity (Wildman–Crippen MR) is 99.8 cm³/mol. The number of halogens is 1. The molecule has 0 saturated heterocycles. The first-order valence-corrected chi connectivity index (χ1v) is 8.66. The van der Waals surface area contributed by atoms with Crippen molar-refractivity contribution in [1.29, 1.82) is 0 Å². The summed E-state index contributed by atoms with van der Waals surface area (Å²) in [6.45, 7) is 2.00. The molecular weight excluding hydrogens is 382 g/mol. The van der Waals surface area contributed by atoms with Gasteiger partial charge >= 0.3 is 5.97 Å². The number of ketones is 1. The molecule has 0 aliphatic carbocycles. The van der Waals surface area contributed by atoms with Crippen LogP contribution in [0.5, 0.6) is 0 Å². The van der Waals surface area contributed by atoms with Gasteiger partial charge in [-0.1, -0.05) is 60.7 Å². The largest absolute Gasteiger partial charge is 0.462 e. The summed E-state index contributed by atoms with van der Waals surface area (Å²) in [5.41, 5.74) is 2.54. The zero-order valence-corrected chi connectivity index (χ0v) is 15.2. The molecule has 0 bridgehead atoms. The van der Waals surface area contributed by atoms with E-state index in [9.17, 15) is 9.59 Å². The summed E-state index contributed by atoms with van der Waals surface area (Å²) in [7, 11) is 0. The molecule has 0 atom stereocenters. The molecule has 2 aromatic carbocycles. The number of ether oxygens (including phenoxy) is 1. The lowest BCUT2D eigenvalue weighted by Gasteiger charge is -2.07. The van der Waals surface area contributed by atoms with Gasteiger partial charge in [0, 0.05) is 11.1 Å². The van der Waals surface area contributed by atoms with Gasteiger partial charge < -0.3 is 9.72 Å². The van der Waals surface area contributed by atoms with E-state index < -0.39 is 5.97 Å². The van der Waals surface area contributed by atoms with Gasteiger partial charge in [0.05, 0.1) is 16.9 Å². The number of hydrogen-bond acceptors (Lipinski definition) is 3. The van der Waals surface area contributed by atoms with Gasteiger partial charge in [-0.25, -0.2) is 4.79 Å². The Morgan fingerprint density at radius 1 is 1.00 bits per heavy atom. The molecule has 0 unspecified atom stereocenters. The SMILES string of the molecule is CCOC(=O)c1c(Br)[nH]c(C(=O)c2ccccc2)c1-c1ccccc1. The lowest BCUT2D eigenvalue weighted by Crippen LogP contribution is -2.07. The number of carbonyl (C=O) groups is 2. The summed E-state index contributed by atoms with van der Waals surface area (Å²) in [5, 5.41) is 0. The Labute approximate surface area is 154 Å². The first-order chi connectivity index (χ1) is 12.1. The van der Waals surface area contributed by atoms with Crippen molar-refractivity contribution >= 4 is 27.7 Å². The molecule has 25 heavy (non-hydrogen) atoms. The molecule has 1 aromatic heterocycles. The first-order valence-electron chi connectivity index (χ1n) is 7.87. The van der Waals surface area contributed by atoms with Crippen LogP contribution in [0.25, 0.3) is 11.1 Å². The number of rotatable bonds is 5. The van der Waals surface area contributed by atoms with Crippen LogP contribution in [0.3, 0.4) is 0 Å². The third-order valence-corrected chi connectivity index (χ3v) is 4.35. The first kappa shape index (κ1) is 17.2. The Hall–Kier alpha value is -2.66. The molecule has 0 spiro atoms. The van der Waals surface area contributed by atoms with Crippen LogP contribution in [0.2, 0.25) is 0 Å². The second kappa shape index (κ2) is 7.49. The van der Waals surface area contributed by atoms with Crippen LogP contribution >= 0.6 is 15.9 Å². The van der Waals surface area contributed by atoms with Crippen LogP contribution in [-0.4, -0.2) is 23.3 Å². The lowest BCUT2D eigenvalue weighted by molar-refractivity contribution is 0.0526. The minimum Gasteiger partial charge on any atom is -0.462 e. The van der Waals surface area contributed by atoms with Gasteiger partial charge in [-0.15, -0.1) is 0 Å². The zero-order valence-electron chi connectivity index (χ0n) is 13.6. The molecule has 3 rings (SSSR count). The number of aromatic nitrogens is 1. The molecule has 0 saturated carbocycles. The molecule has 0 radical (unpaired) electrons. The highest BCUT2D eigenvalue weighted by atomic mass is 79.9. The van der Waals surface area contributed by atoms with Crippen LogP contribution < -0.4 is 0 Å². The van der Waals surface area contributed by atoms with E-state index in [0.29, 0.717) is 27.0 Å². The van der Waals surface area contributed by atoms with Crippen molar-refractivity contribution in [1.82, 2.24) is 4.98 Å². The molecule has 1 N–H and O–H groups in total. The van der Waals surface area contributed by atoms with Crippen molar-refractivity contribution in [3.05, 3.63) is 82.1 Å². The van der Waals surface area contributed by atoms with Crippen molar-refractivity contribution in [2.24, 2.45) is 0 Å². The minimum absolute atomic E-state index is 0.185. The smallest absolute Gasteiger partial charge is 0.341 e. The van der Waals surface area contributed by atoms with E-state index in [2.05, 4.69) is 20.9 Å². The molecule has 0 aliphatic heterocycles. The zero-order chi connectivity index (χ0) is 17.8. The molecule has 0 aliphatic rings. The van der Waals surface area contributed by atoms with Crippen molar-refractivity contribution in [3.63, 3.8) is 0 Å². The fourth-order valence-corrected chi connectivity index (χ4v) is 3.22. The van der Waals surface area contributed by atoms with E-state index in [1.54, 1.807) is 31.2 Å². The van der Waals surface area contributed by atoms with Crippen LogP contribution in [-0.2, 0) is 4.74 Å². The number of hydrogen-bond donors (Lipinski definition) is 1. The molecule has 4 nitrogen and oxygen atoms in total. The van der Waals surface area contributed by atoms with Gasteiger partial charge in [0.25, 0.3) is 0 Å². The summed E-state index contributed by atoms with van der Waals surface area (Å²) in [5.74, 6) is -0.660. The van der Waals surface area contributed by atoms with Crippen LogP contribution in [0.15, 0.2) is 65.3 Å². The van der Waals surface area contributed by atoms with Gasteiger partial charge in [0.15, 0.2) is 0 Å². The monoisotopic (exact) mass is 397 g/mol. The maximum atomic E-state index is 13.0. The third-order valence-electron chi connectivity index (χ3n) is 3.76. The lowest BCUT2D eigenvalue weighted by atomic mass is 9.97. The van der Waals surface area contributed by atoms with E-state index in [0.717, 1.165) is 5.56 Å². The van der Waals surface area contributed by atoms with Crippen molar-refractivity contribution < 1.29 is 14.3 Å². The second-order valence-corrected chi connectivity index (χ2v) is 6.14. The highest BCUT2D eigenvalue weighted by molar-refractivity contribution is 9.10. The summed E-state index contributed by atoms with van der Waals surface area (Å²) < 4.78 is 5.60. The molecule has 5 heteroatoms. The fraction of sp³-hybridized carbons (Fsp3) is 0.100. The molecular formula is C20H16BrNO3. The van der Waals surface area contributed by atoms with Gasteiger partial charge in [-0.2, -0.15) is 0 Å². The molecule has 3 aromatic rings. The Balaban J connectivity index is 2.21. The number of nitrogens with one attached hydrogen (secondary N) is 1. The Morgan fingerprint density at radius 3 is 2.20 bits per heavy atom. The van der Waals surface area contributed by atoms with Crippen LogP contribution in [0.1, 0.15) is 33.3 Å². The van der Waals surface area contributed by atoms with Crippen molar-refractivity contribution in [2.45, 2.75) is 6.92 Å². The summed E-state index contributed by atoms with van der Waals surface area (Å²) in [6, 6.07) is 18.3. The highest BCUT2D eigenvalue weighted by Crippen LogP contribution is 2.35. The summed E-state index contributed by atoms with van der Waals surface area (Å²) in [6.07, 6.45) is 0. The highest BCUT2D eigenvalue weighted by Gasteiger charge is 2.27. The summed E-state index contributed by atoms with van der Waals surface area (Å²) in [4.78, 5) is 28.4. The molecule has 0 fully saturated rings. The Kier molecular flexibility index (Phi) is 5.14. The van der Waals surface area contributed by atoms with Gasteiger partial charge in [-0.05, 0) is 28.4 Å². The number of carbonyl (C=O) groups excluding carboxylic acids is 2. The normalized spacial score (nSPS) is 10.5. The van der Waals surface area contributed by atoms with E-state index in [1.165, 1.54) is 0 Å². The maximum Gasteiger partial charge on any atom is 0.341 e. The predicted octanol–water partition coefficient (Wildman–Crippen LogP) is 4.85. The minimum atomic E-state index is -0.475. The molecule has 126 valence electrons. The fourth-order valence-electron chi connectivity index (χ4n) is 2.66. The summed E-state index contributed by atoms with van der Waals surface area (Å²) >= 11 is 3.37. The van der Waals surface area contributed by atoms with E-state index in [4.69, 9.17) is 4.74 Å². The van der Waals surface area contributed by atoms with Crippen LogP contribution in [0, 0.1) is 0 Å². The number of esters is 1. The van der Waals surface area contributed by atoms with Gasteiger partial charge in [0.1, 0.15) is 5.56 Å². The molecule has 0 amide bonds. The quantitative estimate of drug-likeness (QED) is 0.494. The standard InChI is InChI=1S/C20H16BrNO3/c1-2-25-20(24)16-15(13-9-5-3-6-10-13)17(22-19(16)21)18(23)14-11-7-4-8-12-14/h3-12,22H,2H2,1H3. The average molecular weight is 398 g/mol. The van der Waals surface area contributed by atoms with Gasteiger partial charge in [-0.3, -0.25) is 4.79 Å². The maximum absolute atomic E-state index is 13.0. The number of H-pyrrole nitrogens is 1. The van der Waals surface area contributed by atoms with Crippen molar-refractivity contribution in [2.75, 3.05) is 6.61 Å². The number of aromatic amines is 1. The topological polar surface area (TPSA) is 59.2 Å². The Bertz CT molecular complexity index is 901. The van der Waals surface area contributed by atoms with E-state index >= 15 is 0 Å². The molecule has 1 heterocycles. The van der Waals surface area contributed by atoms with E-state index in [1.807, 2.05) is 36.4 Å². The van der Waals surface area contributed by atoms with Crippen molar-refractivity contribution in [3.8, 4) is 11.1 Å². The average Bonchev–Trinajstić information content (AvgIpc) is 3.00. The third kappa shape index (κ3) is 3.42. The van der Waals surface area contributed by atoms with E-state index in [-0.39, 0.29) is 12.4 Å². The van der Waals surface area contributed by atoms with Gasteiger partial charge in [0.2, 0.25) is 5.78 Å². The second-order valence-electron chi connectivity index (χ2n) is 5.35. The van der Waals surface area contributed by atoms with Crippen LogP contribution in [0.4, 0.5) is 0 Å². The number of benzene rings is 2. The Morgan fingerprint density at radius 2 is 1.60 bits per heavy atom.